The first kappa shape index (κ1) is 1200. The minimum absolute atomic E-state index is 0. The van der Waals surface area contributed by atoms with Crippen LogP contribution < -0.4 is 0 Å². The van der Waals surface area contributed by atoms with E-state index in [-0.39, 0.29) is 83.6 Å². The van der Waals surface area contributed by atoms with E-state index in [4.69, 9.17) is 0 Å². The summed E-state index contributed by atoms with van der Waals surface area (Å²) in [7, 11) is 0. The van der Waals surface area contributed by atoms with E-state index in [1.165, 1.54) is 0 Å². The SMILES string of the molecule is [Cr+3].[Nb+5].[OH-].[OH-].[OH-].[OH-].[OH-].[OH-].[OH-].[OH-]. The average Bonchev–Trinajstić information content (AvgIpc) is 0. The molecule has 10 heavy (non-hydrogen) atoms. The topological polar surface area (TPSA) is 240 Å². The Hall–Kier alpha value is 0.953. The molecule has 0 rings (SSSR count). The zero-order valence-electron chi connectivity index (χ0n) is 4.43. The average molecular weight is 281 g/mol. The molecule has 8 N–H and O–H groups in total. The molecule has 0 aliphatic carbocycles. The molecule has 0 aromatic heterocycles. The summed E-state index contributed by atoms with van der Waals surface area (Å²) in [6, 6.07) is 0. The second-order valence-corrected chi connectivity index (χ2v) is 0. The van der Waals surface area contributed by atoms with Crippen molar-refractivity contribution in [2.45, 2.75) is 0 Å². The second kappa shape index (κ2) is 879. The Morgan fingerprint density at radius 1 is 0.300 bits per heavy atom. The summed E-state index contributed by atoms with van der Waals surface area (Å²) < 4.78 is 0. The van der Waals surface area contributed by atoms with E-state index in [2.05, 4.69) is 0 Å². The maximum absolute atomic E-state index is 0. The smallest absolute Gasteiger partial charge is 0.870 e. The quantitative estimate of drug-likeness (QED) is 0.475. The summed E-state index contributed by atoms with van der Waals surface area (Å²) in [5.41, 5.74) is 0. The Kier molecular flexibility index (Phi) is 105000. The molecule has 0 saturated heterocycles. The standard InChI is InChI=1S/Cr.Nb.8H2O/h;;8*1H2/q+3;+5;;;;;;;;/p-8. The molecule has 8 nitrogen and oxygen atoms in total. The van der Waals surface area contributed by atoms with Gasteiger partial charge in [0.2, 0.25) is 0 Å². The molecule has 0 atom stereocenters. The van der Waals surface area contributed by atoms with Crippen LogP contribution in [0.5, 0.6) is 0 Å². The van der Waals surface area contributed by atoms with Gasteiger partial charge in [-0.1, -0.05) is 0 Å². The molecule has 0 aliphatic rings. The fourth-order valence-electron chi connectivity index (χ4n) is 0. The van der Waals surface area contributed by atoms with Gasteiger partial charge in [0.1, 0.15) is 0 Å². The Labute approximate surface area is 83.7 Å². The van der Waals surface area contributed by atoms with Gasteiger partial charge >= 0.3 is 39.7 Å². The van der Waals surface area contributed by atoms with Crippen LogP contribution in [0, 0.1) is 0 Å². The second-order valence-electron chi connectivity index (χ2n) is 0. The van der Waals surface area contributed by atoms with E-state index in [1.807, 2.05) is 0 Å². The fourth-order valence-corrected chi connectivity index (χ4v) is 0. The number of rotatable bonds is 0. The Morgan fingerprint density at radius 2 is 0.300 bits per heavy atom. The van der Waals surface area contributed by atoms with Gasteiger partial charge in [-0.2, -0.15) is 0 Å². The monoisotopic (exact) mass is 281 g/mol. The number of hydrogen-bond donors (Lipinski definition) is 0. The predicted octanol–water partition coefficient (Wildman–Crippen LogP) is -1.42. The molecule has 1 radical (unpaired) electrons. The Morgan fingerprint density at radius 3 is 0.300 bits per heavy atom. The van der Waals surface area contributed by atoms with Crippen molar-refractivity contribution in [3.63, 3.8) is 0 Å². The molecule has 0 fully saturated rings. The zero-order valence-corrected chi connectivity index (χ0v) is 7.91. The molecular formula is H8CrNbO8. The molecule has 0 heterocycles. The van der Waals surface area contributed by atoms with Crippen LogP contribution in [-0.2, 0) is 39.7 Å². The van der Waals surface area contributed by atoms with Crippen LogP contribution in [0.25, 0.3) is 0 Å². The van der Waals surface area contributed by atoms with E-state index in [1.54, 1.807) is 0 Å². The third-order valence-corrected chi connectivity index (χ3v) is 0. The zero-order chi connectivity index (χ0) is 0. The summed E-state index contributed by atoms with van der Waals surface area (Å²) in [4.78, 5) is 0. The van der Waals surface area contributed by atoms with Crippen molar-refractivity contribution >= 4 is 0 Å². The van der Waals surface area contributed by atoms with Gasteiger partial charge in [-0.3, -0.25) is 0 Å². The molecule has 67 valence electrons. The van der Waals surface area contributed by atoms with Crippen LogP contribution in [0.3, 0.4) is 0 Å². The third-order valence-electron chi connectivity index (χ3n) is 0. The van der Waals surface area contributed by atoms with E-state index in [0.29, 0.717) is 0 Å². The fraction of sp³-hybridized carbons (Fsp3) is 0. The number of hydrogen-bond acceptors (Lipinski definition) is 8. The summed E-state index contributed by atoms with van der Waals surface area (Å²) in [5.74, 6) is 0. The van der Waals surface area contributed by atoms with Gasteiger partial charge in [0.05, 0.1) is 0 Å². The van der Waals surface area contributed by atoms with Crippen molar-refractivity contribution in [2.24, 2.45) is 0 Å². The van der Waals surface area contributed by atoms with Crippen LogP contribution in [0.2, 0.25) is 0 Å². The van der Waals surface area contributed by atoms with Crippen molar-refractivity contribution in [1.82, 2.24) is 0 Å². The molecule has 0 amide bonds. The van der Waals surface area contributed by atoms with Crippen LogP contribution in [0.4, 0.5) is 0 Å². The first-order valence-corrected chi connectivity index (χ1v) is 0. The molecule has 10 heteroatoms. The largest absolute Gasteiger partial charge is 5.00 e. The van der Waals surface area contributed by atoms with Crippen molar-refractivity contribution in [1.29, 1.82) is 0 Å². The van der Waals surface area contributed by atoms with Crippen LogP contribution in [0.15, 0.2) is 0 Å². The summed E-state index contributed by atoms with van der Waals surface area (Å²) in [6.07, 6.45) is 0. The van der Waals surface area contributed by atoms with Gasteiger partial charge in [-0.05, 0) is 0 Å². The first-order valence-electron chi connectivity index (χ1n) is 0. The first-order chi connectivity index (χ1) is 0. The van der Waals surface area contributed by atoms with Crippen molar-refractivity contribution in [3.8, 4) is 0 Å². The van der Waals surface area contributed by atoms with Crippen LogP contribution in [0.1, 0.15) is 0 Å². The van der Waals surface area contributed by atoms with Gasteiger partial charge in [0.15, 0.2) is 0 Å². The van der Waals surface area contributed by atoms with Crippen LogP contribution in [-0.4, -0.2) is 43.8 Å². The van der Waals surface area contributed by atoms with Gasteiger partial charge in [0, 0.05) is 0 Å². The van der Waals surface area contributed by atoms with E-state index < -0.39 is 0 Å². The molecule has 0 unspecified atom stereocenters. The minimum Gasteiger partial charge on any atom is -0.870 e. The minimum atomic E-state index is 0. The molecule has 0 aliphatic heterocycles. The van der Waals surface area contributed by atoms with Crippen molar-refractivity contribution in [3.05, 3.63) is 0 Å². The normalized spacial score (nSPS) is 0. The summed E-state index contributed by atoms with van der Waals surface area (Å²) >= 11 is 0. The van der Waals surface area contributed by atoms with Crippen molar-refractivity contribution in [2.75, 3.05) is 0 Å². The van der Waals surface area contributed by atoms with Gasteiger partial charge in [-0.25, -0.2) is 0 Å². The molecule has 0 bridgehead atoms. The molecule has 0 aromatic carbocycles. The predicted molar refractivity (Wildman–Crippen MR) is 15.5 cm³/mol. The van der Waals surface area contributed by atoms with Gasteiger partial charge in [0.25, 0.3) is 0 Å². The molecular weight excluding hydrogens is 273 g/mol. The Balaban J connectivity index is 0. The van der Waals surface area contributed by atoms with Crippen LogP contribution >= 0.6 is 0 Å². The maximum atomic E-state index is 0. The van der Waals surface area contributed by atoms with Gasteiger partial charge < -0.3 is 43.8 Å². The summed E-state index contributed by atoms with van der Waals surface area (Å²) in [5, 5.41) is 0. The maximum Gasteiger partial charge on any atom is 5.00 e. The molecule has 0 aromatic rings. The van der Waals surface area contributed by atoms with E-state index in [0.717, 1.165) is 0 Å². The molecule has 0 spiro atoms. The van der Waals surface area contributed by atoms with Crippen molar-refractivity contribution < 1.29 is 83.6 Å². The summed E-state index contributed by atoms with van der Waals surface area (Å²) in [6.45, 7) is 0. The van der Waals surface area contributed by atoms with Gasteiger partial charge in [-0.15, -0.1) is 0 Å². The van der Waals surface area contributed by atoms with E-state index in [9.17, 15) is 0 Å². The third kappa shape index (κ3) is 624. The Bertz CT molecular complexity index is 9.22. The van der Waals surface area contributed by atoms with E-state index >= 15 is 0 Å². The molecule has 0 saturated carbocycles.